The Kier molecular flexibility index (Phi) is 7.99. The van der Waals surface area contributed by atoms with Crippen molar-refractivity contribution in [1.29, 1.82) is 0 Å². The minimum Gasteiger partial charge on any atom is -0.467 e. The summed E-state index contributed by atoms with van der Waals surface area (Å²) in [6.45, 7) is 3.35. The number of alkyl carbamates (subject to hydrolysis) is 1. The van der Waals surface area contributed by atoms with E-state index in [1.807, 2.05) is 18.2 Å². The van der Waals surface area contributed by atoms with Crippen LogP contribution in [0.4, 0.5) is 4.79 Å². The van der Waals surface area contributed by atoms with Crippen molar-refractivity contribution in [3.05, 3.63) is 35.9 Å². The fourth-order valence-electron chi connectivity index (χ4n) is 3.11. The number of likely N-dealkylation sites (tertiary alicyclic amines) is 1. The molecule has 1 N–H and O–H groups in total. The van der Waals surface area contributed by atoms with Crippen LogP contribution >= 0.6 is 0 Å². The highest BCUT2D eigenvalue weighted by atomic mass is 16.6. The predicted molar refractivity (Wildman–Crippen MR) is 102 cm³/mol. The second kappa shape index (κ2) is 10.4. The highest BCUT2D eigenvalue weighted by molar-refractivity contribution is 5.85. The first-order valence-corrected chi connectivity index (χ1v) is 9.36. The molecule has 1 aliphatic heterocycles. The molecule has 0 aromatic heterocycles. The Morgan fingerprint density at radius 1 is 1.21 bits per heavy atom. The maximum atomic E-state index is 12.5. The summed E-state index contributed by atoms with van der Waals surface area (Å²) in [4.78, 5) is 49.7. The number of nitrogens with one attached hydrogen (secondary N) is 1. The minimum absolute atomic E-state index is 0.0182. The fourth-order valence-corrected chi connectivity index (χ4v) is 3.11. The van der Waals surface area contributed by atoms with Gasteiger partial charge in [-0.25, -0.2) is 14.4 Å². The first-order valence-electron chi connectivity index (χ1n) is 9.36. The zero-order valence-electron chi connectivity index (χ0n) is 16.8. The van der Waals surface area contributed by atoms with Crippen LogP contribution in [0.5, 0.6) is 0 Å². The first kappa shape index (κ1) is 22.2. The molecule has 0 spiro atoms. The number of methoxy groups -OCH3 is 1. The number of benzene rings is 1. The zero-order chi connectivity index (χ0) is 21.4. The number of amides is 2. The molecule has 1 aliphatic rings. The second-order valence-electron chi connectivity index (χ2n) is 6.72. The van der Waals surface area contributed by atoms with E-state index in [0.717, 1.165) is 12.7 Å². The predicted octanol–water partition coefficient (Wildman–Crippen LogP) is 1.40. The molecule has 1 saturated heterocycles. The average molecular weight is 406 g/mol. The molecule has 9 heteroatoms. The van der Waals surface area contributed by atoms with Gasteiger partial charge in [-0.2, -0.15) is 0 Å². The molecule has 29 heavy (non-hydrogen) atoms. The van der Waals surface area contributed by atoms with Gasteiger partial charge in [0.15, 0.2) is 6.04 Å². The van der Waals surface area contributed by atoms with Gasteiger partial charge >= 0.3 is 18.0 Å². The third-order valence-electron chi connectivity index (χ3n) is 4.64. The van der Waals surface area contributed by atoms with Gasteiger partial charge in [-0.3, -0.25) is 4.79 Å². The van der Waals surface area contributed by atoms with Crippen molar-refractivity contribution < 1.29 is 33.4 Å². The van der Waals surface area contributed by atoms with Gasteiger partial charge in [0.2, 0.25) is 5.91 Å². The number of nitrogens with zero attached hydrogens (tertiary/aromatic N) is 1. The number of hydrogen-bond acceptors (Lipinski definition) is 7. The normalized spacial score (nSPS) is 17.8. The van der Waals surface area contributed by atoms with E-state index < -0.39 is 36.2 Å². The largest absolute Gasteiger partial charge is 0.467 e. The van der Waals surface area contributed by atoms with Gasteiger partial charge in [-0.15, -0.1) is 0 Å². The van der Waals surface area contributed by atoms with Crippen molar-refractivity contribution in [2.45, 2.75) is 51.5 Å². The maximum Gasteiger partial charge on any atom is 0.408 e. The second-order valence-corrected chi connectivity index (χ2v) is 6.72. The number of hydrogen-bond donors (Lipinski definition) is 1. The molecular weight excluding hydrogens is 380 g/mol. The van der Waals surface area contributed by atoms with Crippen LogP contribution in [-0.4, -0.2) is 60.7 Å². The summed E-state index contributed by atoms with van der Waals surface area (Å²) in [6, 6.07) is 7.09. The molecule has 1 heterocycles. The van der Waals surface area contributed by atoms with Crippen molar-refractivity contribution in [2.75, 3.05) is 13.7 Å². The van der Waals surface area contributed by atoms with Crippen molar-refractivity contribution in [2.24, 2.45) is 0 Å². The molecule has 2 amide bonds. The quantitative estimate of drug-likeness (QED) is 0.538. The van der Waals surface area contributed by atoms with Gasteiger partial charge in [0, 0.05) is 13.5 Å². The monoisotopic (exact) mass is 406 g/mol. The van der Waals surface area contributed by atoms with Crippen LogP contribution in [0.25, 0.3) is 0 Å². The minimum atomic E-state index is -1.25. The van der Waals surface area contributed by atoms with Crippen LogP contribution in [0.2, 0.25) is 0 Å². The van der Waals surface area contributed by atoms with E-state index >= 15 is 0 Å². The third kappa shape index (κ3) is 6.20. The van der Waals surface area contributed by atoms with Crippen LogP contribution in [0.3, 0.4) is 0 Å². The molecular formula is C20H26N2O7. The Hall–Kier alpha value is -3.10. The van der Waals surface area contributed by atoms with Gasteiger partial charge in [0.1, 0.15) is 18.8 Å². The summed E-state index contributed by atoms with van der Waals surface area (Å²) in [7, 11) is 1.16. The zero-order valence-corrected chi connectivity index (χ0v) is 16.8. The van der Waals surface area contributed by atoms with E-state index in [-0.39, 0.29) is 12.5 Å². The van der Waals surface area contributed by atoms with E-state index in [4.69, 9.17) is 14.2 Å². The van der Waals surface area contributed by atoms with Crippen molar-refractivity contribution >= 4 is 23.9 Å². The lowest BCUT2D eigenvalue weighted by Crippen LogP contribution is -2.51. The maximum absolute atomic E-state index is 12.5. The highest BCUT2D eigenvalue weighted by Gasteiger charge is 2.37. The molecule has 1 aromatic rings. The van der Waals surface area contributed by atoms with Crippen LogP contribution in [0, 0.1) is 0 Å². The molecule has 9 nitrogen and oxygen atoms in total. The lowest BCUT2D eigenvalue weighted by atomic mass is 10.1. The Morgan fingerprint density at radius 2 is 1.90 bits per heavy atom. The molecule has 1 fully saturated rings. The van der Waals surface area contributed by atoms with Crippen LogP contribution < -0.4 is 5.32 Å². The molecule has 2 rings (SSSR count). The van der Waals surface area contributed by atoms with Crippen LogP contribution in [0.1, 0.15) is 32.3 Å². The number of rotatable bonds is 7. The topological polar surface area (TPSA) is 111 Å². The summed E-state index contributed by atoms with van der Waals surface area (Å²) >= 11 is 0. The number of esters is 2. The van der Waals surface area contributed by atoms with Gasteiger partial charge in [-0.05, 0) is 25.3 Å². The summed E-state index contributed by atoms with van der Waals surface area (Å²) in [5.41, 5.74) is 0.780. The molecule has 1 aromatic carbocycles. The molecule has 0 unspecified atom stereocenters. The summed E-state index contributed by atoms with van der Waals surface area (Å²) in [6.07, 6.45) is -0.689. The van der Waals surface area contributed by atoms with E-state index in [0.29, 0.717) is 19.4 Å². The Balaban J connectivity index is 1.95. The Labute approximate surface area is 169 Å². The smallest absolute Gasteiger partial charge is 0.408 e. The van der Waals surface area contributed by atoms with Crippen molar-refractivity contribution in [1.82, 2.24) is 10.2 Å². The summed E-state index contributed by atoms with van der Waals surface area (Å²) in [5, 5.41) is 2.37. The van der Waals surface area contributed by atoms with Crippen LogP contribution in [0.15, 0.2) is 30.3 Å². The van der Waals surface area contributed by atoms with E-state index in [2.05, 4.69) is 5.32 Å². The average Bonchev–Trinajstić information content (AvgIpc) is 3.21. The highest BCUT2D eigenvalue weighted by Crippen LogP contribution is 2.19. The molecule has 158 valence electrons. The van der Waals surface area contributed by atoms with Gasteiger partial charge in [-0.1, -0.05) is 30.3 Å². The van der Waals surface area contributed by atoms with E-state index in [1.54, 1.807) is 12.1 Å². The Bertz CT molecular complexity index is 738. The van der Waals surface area contributed by atoms with Gasteiger partial charge in [0.05, 0.1) is 7.11 Å². The fraction of sp³-hybridized carbons (Fsp3) is 0.500. The molecule has 0 radical (unpaired) electrons. The number of ether oxygens (including phenoxy) is 3. The van der Waals surface area contributed by atoms with Crippen LogP contribution in [-0.2, 0) is 35.2 Å². The Morgan fingerprint density at radius 3 is 2.52 bits per heavy atom. The molecule has 0 bridgehead atoms. The van der Waals surface area contributed by atoms with Gasteiger partial charge < -0.3 is 24.4 Å². The lowest BCUT2D eigenvalue weighted by Gasteiger charge is -2.26. The van der Waals surface area contributed by atoms with E-state index in [1.165, 1.54) is 18.7 Å². The molecule has 0 saturated carbocycles. The third-order valence-corrected chi connectivity index (χ3v) is 4.64. The lowest BCUT2D eigenvalue weighted by molar-refractivity contribution is -0.161. The van der Waals surface area contributed by atoms with Crippen molar-refractivity contribution in [3.63, 3.8) is 0 Å². The number of carbonyl (C=O) groups is 4. The summed E-state index contributed by atoms with van der Waals surface area (Å²) < 4.78 is 15.2. The SMILES string of the molecule is COC(=O)[C@@H](NC(=O)OCc1ccccc1)[C@@H](C)OC(=O)[C@@H]1CCCN1C(C)=O. The van der Waals surface area contributed by atoms with E-state index in [9.17, 15) is 19.2 Å². The molecule has 0 aliphatic carbocycles. The van der Waals surface area contributed by atoms with Gasteiger partial charge in [0.25, 0.3) is 0 Å². The summed E-state index contributed by atoms with van der Waals surface area (Å²) in [5.74, 6) is -1.63. The number of carbonyl (C=O) groups excluding carboxylic acids is 4. The standard InChI is InChI=1S/C20H26N2O7/c1-13(29-18(24)16-10-7-11-22(16)14(2)23)17(19(25)27-3)21-20(26)28-12-15-8-5-4-6-9-15/h4-6,8-9,13,16-17H,7,10-12H2,1-3H3,(H,21,26)/t13-,16+,17+/m1/s1. The van der Waals surface area contributed by atoms with Crippen molar-refractivity contribution in [3.8, 4) is 0 Å². The first-order chi connectivity index (χ1) is 13.8. The molecule has 3 atom stereocenters.